The first-order valence-corrected chi connectivity index (χ1v) is 9.68. The SMILES string of the molecule is COC(=O)c1cc(Br)nc2c3ccc(Cl)cc3n(Cc3ccc(OC)cc3)c12. The number of carbonyl (C=O) groups is 1. The summed E-state index contributed by atoms with van der Waals surface area (Å²) in [5.74, 6) is 0.368. The number of halogens is 2. The van der Waals surface area contributed by atoms with Crippen molar-refractivity contribution in [3.05, 3.63) is 69.3 Å². The van der Waals surface area contributed by atoms with Crippen molar-refractivity contribution in [3.8, 4) is 5.75 Å². The molecule has 0 unspecified atom stereocenters. The van der Waals surface area contributed by atoms with Crippen molar-refractivity contribution < 1.29 is 14.3 Å². The molecule has 0 spiro atoms. The van der Waals surface area contributed by atoms with E-state index in [1.54, 1.807) is 13.2 Å². The van der Waals surface area contributed by atoms with Gasteiger partial charge in [0.15, 0.2) is 0 Å². The quantitative estimate of drug-likeness (QED) is 0.301. The lowest BCUT2D eigenvalue weighted by Crippen LogP contribution is -2.07. The topological polar surface area (TPSA) is 53.3 Å². The zero-order valence-electron chi connectivity index (χ0n) is 15.2. The van der Waals surface area contributed by atoms with Crippen LogP contribution >= 0.6 is 27.5 Å². The van der Waals surface area contributed by atoms with Crippen LogP contribution in [-0.2, 0) is 11.3 Å². The average molecular weight is 460 g/mol. The first kappa shape index (κ1) is 18.8. The monoisotopic (exact) mass is 458 g/mol. The van der Waals surface area contributed by atoms with E-state index in [1.807, 2.05) is 47.0 Å². The molecular formula is C21H16BrClN2O3. The van der Waals surface area contributed by atoms with E-state index in [1.165, 1.54) is 7.11 Å². The fraction of sp³-hybridized carbons (Fsp3) is 0.143. The minimum atomic E-state index is -0.419. The van der Waals surface area contributed by atoms with Gasteiger partial charge in [0.2, 0.25) is 0 Å². The van der Waals surface area contributed by atoms with E-state index >= 15 is 0 Å². The van der Waals surface area contributed by atoms with Crippen LogP contribution in [0.15, 0.2) is 53.1 Å². The van der Waals surface area contributed by atoms with Crippen LogP contribution in [0.5, 0.6) is 5.75 Å². The molecule has 0 amide bonds. The van der Waals surface area contributed by atoms with E-state index in [4.69, 9.17) is 21.1 Å². The zero-order valence-corrected chi connectivity index (χ0v) is 17.5. The van der Waals surface area contributed by atoms with Crippen molar-refractivity contribution in [3.63, 3.8) is 0 Å². The summed E-state index contributed by atoms with van der Waals surface area (Å²) in [6.45, 7) is 0.539. The summed E-state index contributed by atoms with van der Waals surface area (Å²) in [7, 11) is 3.01. The van der Waals surface area contributed by atoms with Gasteiger partial charge in [0.05, 0.1) is 36.3 Å². The molecule has 0 aliphatic carbocycles. The van der Waals surface area contributed by atoms with Gasteiger partial charge in [-0.3, -0.25) is 0 Å². The molecular weight excluding hydrogens is 444 g/mol. The fourth-order valence-corrected chi connectivity index (χ4v) is 3.93. The summed E-state index contributed by atoms with van der Waals surface area (Å²) >= 11 is 9.68. The standard InChI is InChI=1S/C21H16BrClN2O3/c1-27-14-6-3-12(4-7-14)11-25-17-9-13(23)5-8-15(17)19-20(25)16(21(26)28-2)10-18(22)24-19/h3-10H,11H2,1-2H3. The van der Waals surface area contributed by atoms with Crippen molar-refractivity contribution in [2.24, 2.45) is 0 Å². The molecule has 0 saturated carbocycles. The molecule has 0 bridgehead atoms. The van der Waals surface area contributed by atoms with Gasteiger partial charge >= 0.3 is 5.97 Å². The second-order valence-electron chi connectivity index (χ2n) is 6.28. The Balaban J connectivity index is 2.02. The maximum absolute atomic E-state index is 12.5. The summed E-state index contributed by atoms with van der Waals surface area (Å²) in [6.07, 6.45) is 0. The van der Waals surface area contributed by atoms with Gasteiger partial charge < -0.3 is 14.0 Å². The summed E-state index contributed by atoms with van der Waals surface area (Å²) in [4.78, 5) is 17.1. The molecule has 5 nitrogen and oxygen atoms in total. The van der Waals surface area contributed by atoms with E-state index in [0.29, 0.717) is 27.3 Å². The van der Waals surface area contributed by atoms with Crippen molar-refractivity contribution >= 4 is 55.4 Å². The molecule has 4 rings (SSSR count). The molecule has 0 fully saturated rings. The van der Waals surface area contributed by atoms with Crippen LogP contribution in [0.3, 0.4) is 0 Å². The number of hydrogen-bond acceptors (Lipinski definition) is 4. The van der Waals surface area contributed by atoms with E-state index < -0.39 is 5.97 Å². The lowest BCUT2D eigenvalue weighted by atomic mass is 10.2. The number of rotatable bonds is 4. The Morgan fingerprint density at radius 1 is 1.14 bits per heavy atom. The van der Waals surface area contributed by atoms with Crippen molar-refractivity contribution in [1.82, 2.24) is 9.55 Å². The molecule has 2 aromatic heterocycles. The number of esters is 1. The van der Waals surface area contributed by atoms with E-state index in [9.17, 15) is 4.79 Å². The van der Waals surface area contributed by atoms with Crippen LogP contribution in [-0.4, -0.2) is 29.7 Å². The summed E-state index contributed by atoms with van der Waals surface area (Å²) in [5, 5.41) is 1.53. The molecule has 0 aliphatic heterocycles. The Labute approximate surface area is 175 Å². The third-order valence-electron chi connectivity index (χ3n) is 4.64. The molecule has 28 heavy (non-hydrogen) atoms. The highest BCUT2D eigenvalue weighted by atomic mass is 79.9. The Morgan fingerprint density at radius 3 is 2.57 bits per heavy atom. The number of pyridine rings is 1. The summed E-state index contributed by atoms with van der Waals surface area (Å²) in [6, 6.07) is 15.1. The first-order chi connectivity index (χ1) is 13.5. The zero-order chi connectivity index (χ0) is 19.8. The normalized spacial score (nSPS) is 11.1. The largest absolute Gasteiger partial charge is 0.497 e. The predicted molar refractivity (Wildman–Crippen MR) is 113 cm³/mol. The number of methoxy groups -OCH3 is 2. The highest BCUT2D eigenvalue weighted by Gasteiger charge is 2.21. The van der Waals surface area contributed by atoms with E-state index in [0.717, 1.165) is 27.7 Å². The number of nitrogens with zero attached hydrogens (tertiary/aromatic N) is 2. The van der Waals surface area contributed by atoms with Crippen LogP contribution in [0.1, 0.15) is 15.9 Å². The fourth-order valence-electron chi connectivity index (χ4n) is 3.36. The number of hydrogen-bond donors (Lipinski definition) is 0. The van der Waals surface area contributed by atoms with Crippen LogP contribution in [0.25, 0.3) is 21.9 Å². The molecule has 0 aliphatic rings. The number of aromatic nitrogens is 2. The van der Waals surface area contributed by atoms with Gasteiger partial charge in [-0.2, -0.15) is 0 Å². The summed E-state index contributed by atoms with van der Waals surface area (Å²) < 4.78 is 12.9. The Hall–Kier alpha value is -2.57. The maximum atomic E-state index is 12.5. The first-order valence-electron chi connectivity index (χ1n) is 8.51. The Kier molecular flexibility index (Phi) is 5.00. The molecule has 0 atom stereocenters. The number of benzene rings is 2. The average Bonchev–Trinajstić information content (AvgIpc) is 3.00. The molecule has 4 aromatic rings. The number of carbonyl (C=O) groups excluding carboxylic acids is 1. The third kappa shape index (κ3) is 3.23. The highest BCUT2D eigenvalue weighted by Crippen LogP contribution is 2.34. The number of ether oxygens (including phenoxy) is 2. The molecule has 2 aromatic carbocycles. The maximum Gasteiger partial charge on any atom is 0.340 e. The van der Waals surface area contributed by atoms with E-state index in [-0.39, 0.29) is 0 Å². The molecule has 0 radical (unpaired) electrons. The van der Waals surface area contributed by atoms with Crippen LogP contribution in [0.2, 0.25) is 5.02 Å². The Bertz CT molecular complexity index is 1200. The van der Waals surface area contributed by atoms with Crippen molar-refractivity contribution in [1.29, 1.82) is 0 Å². The highest BCUT2D eigenvalue weighted by molar-refractivity contribution is 9.10. The van der Waals surface area contributed by atoms with Crippen LogP contribution < -0.4 is 4.74 Å². The number of fused-ring (bicyclic) bond motifs is 3. The Morgan fingerprint density at radius 2 is 1.89 bits per heavy atom. The lowest BCUT2D eigenvalue weighted by Gasteiger charge is -2.11. The van der Waals surface area contributed by atoms with Gasteiger partial charge in [-0.15, -0.1) is 0 Å². The molecule has 0 saturated heterocycles. The molecule has 2 heterocycles. The van der Waals surface area contributed by atoms with Gasteiger partial charge in [0, 0.05) is 17.0 Å². The van der Waals surface area contributed by atoms with Crippen LogP contribution in [0.4, 0.5) is 0 Å². The minimum Gasteiger partial charge on any atom is -0.497 e. The van der Waals surface area contributed by atoms with Gasteiger partial charge in [0.1, 0.15) is 10.4 Å². The lowest BCUT2D eigenvalue weighted by molar-refractivity contribution is 0.0602. The van der Waals surface area contributed by atoms with Gasteiger partial charge in [-0.25, -0.2) is 9.78 Å². The minimum absolute atomic E-state index is 0.419. The van der Waals surface area contributed by atoms with Gasteiger partial charge in [-0.05, 0) is 57.9 Å². The smallest absolute Gasteiger partial charge is 0.340 e. The predicted octanol–water partition coefficient (Wildman–Crippen LogP) is 5.45. The molecule has 0 N–H and O–H groups in total. The second kappa shape index (κ2) is 7.45. The van der Waals surface area contributed by atoms with Crippen molar-refractivity contribution in [2.75, 3.05) is 14.2 Å². The molecule has 7 heteroatoms. The van der Waals surface area contributed by atoms with Gasteiger partial charge in [0.25, 0.3) is 0 Å². The van der Waals surface area contributed by atoms with Crippen LogP contribution in [0, 0.1) is 0 Å². The van der Waals surface area contributed by atoms with Gasteiger partial charge in [-0.1, -0.05) is 23.7 Å². The summed E-state index contributed by atoms with van der Waals surface area (Å²) in [5.41, 5.74) is 3.82. The van der Waals surface area contributed by atoms with E-state index in [2.05, 4.69) is 20.9 Å². The third-order valence-corrected chi connectivity index (χ3v) is 5.28. The molecule has 142 valence electrons. The van der Waals surface area contributed by atoms with Crippen molar-refractivity contribution in [2.45, 2.75) is 6.54 Å². The second-order valence-corrected chi connectivity index (χ2v) is 7.53.